The Kier molecular flexibility index (Phi) is 5.01. The van der Waals surface area contributed by atoms with Gasteiger partial charge < -0.3 is 5.32 Å². The van der Waals surface area contributed by atoms with Gasteiger partial charge >= 0.3 is 0 Å². The van der Waals surface area contributed by atoms with Gasteiger partial charge in [-0.3, -0.25) is 10.1 Å². The monoisotopic (exact) mass is 389 g/mol. The predicted molar refractivity (Wildman–Crippen MR) is 100 cm³/mol. The maximum atomic E-state index is 12.0. The van der Waals surface area contributed by atoms with E-state index in [1.54, 1.807) is 6.20 Å². The van der Waals surface area contributed by atoms with Gasteiger partial charge in [-0.1, -0.05) is 30.3 Å². The minimum atomic E-state index is -3.75. The zero-order chi connectivity index (χ0) is 18.7. The summed E-state index contributed by atoms with van der Waals surface area (Å²) in [5.41, 5.74) is 0.963. The van der Waals surface area contributed by atoms with Gasteiger partial charge in [0.2, 0.25) is 0 Å². The number of thiazole rings is 1. The third-order valence-corrected chi connectivity index (χ3v) is 5.66. The number of aromatic nitrogens is 1. The lowest BCUT2D eigenvalue weighted by molar-refractivity contribution is -0.387. The van der Waals surface area contributed by atoms with Gasteiger partial charge in [-0.25, -0.2) is 13.4 Å². The first-order chi connectivity index (χ1) is 12.4. The van der Waals surface area contributed by atoms with Crippen molar-refractivity contribution in [1.82, 2.24) is 4.98 Å². The van der Waals surface area contributed by atoms with E-state index in [2.05, 4.69) is 10.3 Å². The second-order valence-electron chi connectivity index (χ2n) is 5.57. The molecule has 0 aliphatic carbocycles. The third-order valence-electron chi connectivity index (χ3n) is 3.70. The van der Waals surface area contributed by atoms with Crippen LogP contribution in [0.1, 0.15) is 16.6 Å². The van der Waals surface area contributed by atoms with Crippen LogP contribution in [0.5, 0.6) is 0 Å². The van der Waals surface area contributed by atoms with Crippen LogP contribution in [-0.4, -0.2) is 24.6 Å². The number of nitro groups is 1. The van der Waals surface area contributed by atoms with Crippen molar-refractivity contribution in [2.24, 2.45) is 0 Å². The number of nitrogens with one attached hydrogen (secondary N) is 1. The van der Waals surface area contributed by atoms with Crippen LogP contribution in [0, 0.1) is 10.1 Å². The van der Waals surface area contributed by atoms with Gasteiger partial charge in [0.05, 0.1) is 4.92 Å². The molecule has 2 aromatic carbocycles. The molecule has 3 aromatic rings. The summed E-state index contributed by atoms with van der Waals surface area (Å²) in [5, 5.41) is 17.0. The normalized spacial score (nSPS) is 12.5. The van der Waals surface area contributed by atoms with Crippen molar-refractivity contribution in [3.05, 3.63) is 80.8 Å². The summed E-state index contributed by atoms with van der Waals surface area (Å²) in [7, 11) is -3.75. The Hall–Kier alpha value is -2.78. The number of anilines is 1. The topological polar surface area (TPSA) is 102 Å². The third kappa shape index (κ3) is 3.89. The Labute approximate surface area is 154 Å². The molecule has 7 nitrogen and oxygen atoms in total. The molecular formula is C17H15N3O4S2. The van der Waals surface area contributed by atoms with E-state index in [9.17, 15) is 18.5 Å². The van der Waals surface area contributed by atoms with Crippen LogP contribution in [0.3, 0.4) is 0 Å². The summed E-state index contributed by atoms with van der Waals surface area (Å²) in [4.78, 5) is 14.4. The van der Waals surface area contributed by atoms with E-state index in [1.807, 2.05) is 35.7 Å². The van der Waals surface area contributed by atoms with Gasteiger partial charge in [0.1, 0.15) is 15.9 Å². The van der Waals surface area contributed by atoms with Crippen LogP contribution in [0.4, 0.5) is 11.4 Å². The number of benzene rings is 2. The van der Waals surface area contributed by atoms with Crippen molar-refractivity contribution >= 4 is 32.5 Å². The average Bonchev–Trinajstić information content (AvgIpc) is 3.13. The number of hydrogen-bond acceptors (Lipinski definition) is 7. The van der Waals surface area contributed by atoms with E-state index in [0.717, 1.165) is 16.8 Å². The summed E-state index contributed by atoms with van der Waals surface area (Å²) in [6.45, 7) is 0. The fourth-order valence-corrected chi connectivity index (χ4v) is 4.11. The molecule has 0 saturated carbocycles. The van der Waals surface area contributed by atoms with Gasteiger partial charge in [0.25, 0.3) is 5.69 Å². The number of nitro benzene ring substituents is 1. The van der Waals surface area contributed by atoms with E-state index in [1.165, 1.54) is 29.5 Å². The molecule has 0 saturated heterocycles. The summed E-state index contributed by atoms with van der Waals surface area (Å²) >= 11 is 1.46. The van der Waals surface area contributed by atoms with Crippen molar-refractivity contribution in [3.8, 4) is 0 Å². The highest BCUT2D eigenvalue weighted by atomic mass is 32.2. The van der Waals surface area contributed by atoms with Crippen molar-refractivity contribution in [3.63, 3.8) is 0 Å². The Bertz CT molecular complexity index is 1020. The molecule has 1 heterocycles. The molecule has 3 rings (SSSR count). The van der Waals surface area contributed by atoms with Crippen LogP contribution in [0.2, 0.25) is 0 Å². The minimum absolute atomic E-state index is 0.301. The molecular weight excluding hydrogens is 374 g/mol. The summed E-state index contributed by atoms with van der Waals surface area (Å²) in [6.07, 6.45) is 2.64. The molecule has 0 amide bonds. The van der Waals surface area contributed by atoms with Crippen LogP contribution in [0.25, 0.3) is 0 Å². The maximum absolute atomic E-state index is 12.0. The number of hydrogen-bond donors (Lipinski definition) is 1. The second-order valence-corrected chi connectivity index (χ2v) is 8.48. The van der Waals surface area contributed by atoms with E-state index >= 15 is 0 Å². The average molecular weight is 389 g/mol. The van der Waals surface area contributed by atoms with Gasteiger partial charge in [-0.2, -0.15) is 0 Å². The molecule has 0 spiro atoms. The van der Waals surface area contributed by atoms with Crippen molar-refractivity contribution in [2.45, 2.75) is 10.9 Å². The SMILES string of the molecule is CS(=O)(=O)c1cc(NC(c2ccccc2)c2nccs2)ccc1[N+](=O)[O-]. The number of sulfone groups is 1. The fraction of sp³-hybridized carbons (Fsp3) is 0.118. The minimum Gasteiger partial charge on any atom is -0.372 e. The molecule has 0 bridgehead atoms. The summed E-state index contributed by atoms with van der Waals surface area (Å²) < 4.78 is 23.9. The molecule has 0 fully saturated rings. The quantitative estimate of drug-likeness (QED) is 0.510. The number of nitrogens with zero attached hydrogens (tertiary/aromatic N) is 2. The molecule has 134 valence electrons. The molecule has 0 aliphatic rings. The summed E-state index contributed by atoms with van der Waals surface area (Å²) in [5.74, 6) is 0. The largest absolute Gasteiger partial charge is 0.372 e. The lowest BCUT2D eigenvalue weighted by Gasteiger charge is -2.19. The molecule has 1 N–H and O–H groups in total. The fourth-order valence-electron chi connectivity index (χ4n) is 2.53. The molecule has 0 radical (unpaired) electrons. The molecule has 1 aromatic heterocycles. The Morgan fingerprint density at radius 2 is 1.92 bits per heavy atom. The Morgan fingerprint density at radius 3 is 2.50 bits per heavy atom. The van der Waals surface area contributed by atoms with Crippen molar-refractivity contribution in [2.75, 3.05) is 11.6 Å². The highest BCUT2D eigenvalue weighted by molar-refractivity contribution is 7.90. The second kappa shape index (κ2) is 7.22. The van der Waals surface area contributed by atoms with Crippen LogP contribution in [0.15, 0.2) is 65.0 Å². The molecule has 9 heteroatoms. The smallest absolute Gasteiger partial charge is 0.288 e. The highest BCUT2D eigenvalue weighted by Crippen LogP contribution is 2.32. The zero-order valence-electron chi connectivity index (χ0n) is 13.7. The van der Waals surface area contributed by atoms with Crippen LogP contribution in [-0.2, 0) is 9.84 Å². The predicted octanol–water partition coefficient (Wildman–Crippen LogP) is 3.66. The first-order valence-corrected chi connectivity index (χ1v) is 10.3. The van der Waals surface area contributed by atoms with Gasteiger partial charge in [-0.05, 0) is 17.7 Å². The molecule has 26 heavy (non-hydrogen) atoms. The van der Waals surface area contributed by atoms with Crippen molar-refractivity contribution < 1.29 is 13.3 Å². The zero-order valence-corrected chi connectivity index (χ0v) is 15.3. The molecule has 1 unspecified atom stereocenters. The van der Waals surface area contributed by atoms with Crippen LogP contribution < -0.4 is 5.32 Å². The van der Waals surface area contributed by atoms with Gasteiger partial charge in [0.15, 0.2) is 9.84 Å². The lowest BCUT2D eigenvalue weighted by atomic mass is 10.1. The van der Waals surface area contributed by atoms with E-state index < -0.39 is 20.4 Å². The first kappa shape index (κ1) is 18.0. The van der Waals surface area contributed by atoms with Crippen molar-refractivity contribution in [1.29, 1.82) is 0 Å². The number of rotatable bonds is 6. The summed E-state index contributed by atoms with van der Waals surface area (Å²) in [6, 6.07) is 13.2. The van der Waals surface area contributed by atoms with E-state index in [-0.39, 0.29) is 10.9 Å². The van der Waals surface area contributed by atoms with E-state index in [0.29, 0.717) is 5.69 Å². The maximum Gasteiger partial charge on any atom is 0.288 e. The Morgan fingerprint density at radius 1 is 1.19 bits per heavy atom. The standard InChI is InChI=1S/C17H15N3O4S2/c1-26(23,24)15-11-13(7-8-14(15)20(21)22)19-16(17-18-9-10-25-17)12-5-3-2-4-6-12/h2-11,16,19H,1H3. The highest BCUT2D eigenvalue weighted by Gasteiger charge is 2.24. The molecule has 1 atom stereocenters. The molecule has 0 aliphatic heterocycles. The Balaban J connectivity index is 2.04. The first-order valence-electron chi connectivity index (χ1n) is 7.55. The van der Waals surface area contributed by atoms with Gasteiger partial charge in [-0.15, -0.1) is 11.3 Å². The van der Waals surface area contributed by atoms with Crippen LogP contribution >= 0.6 is 11.3 Å². The lowest BCUT2D eigenvalue weighted by Crippen LogP contribution is -2.13. The van der Waals surface area contributed by atoms with E-state index in [4.69, 9.17) is 0 Å². The van der Waals surface area contributed by atoms with Gasteiger partial charge in [0, 0.05) is 29.6 Å².